The molecule has 0 radical (unpaired) electrons. The summed E-state index contributed by atoms with van der Waals surface area (Å²) in [6.07, 6.45) is -1.25. The molecule has 1 atom stereocenters. The van der Waals surface area contributed by atoms with Crippen LogP contribution in [-0.2, 0) is 19.1 Å². The highest BCUT2D eigenvalue weighted by molar-refractivity contribution is 5.81. The van der Waals surface area contributed by atoms with E-state index in [2.05, 4.69) is 17.4 Å². The van der Waals surface area contributed by atoms with Gasteiger partial charge >= 0.3 is 12.1 Å². The third kappa shape index (κ3) is 5.40. The second-order valence-electron chi connectivity index (χ2n) is 7.41. The quantitative estimate of drug-likeness (QED) is 0.638. The Hall–Kier alpha value is -3.39. The lowest BCUT2D eigenvalue weighted by atomic mass is 9.98. The van der Waals surface area contributed by atoms with Gasteiger partial charge in [-0.2, -0.15) is 0 Å². The number of rotatable bonds is 9. The van der Waals surface area contributed by atoms with Crippen LogP contribution in [0.25, 0.3) is 11.1 Å². The molecule has 0 heterocycles. The largest absolute Gasteiger partial charge is 0.480 e. The molecule has 2 N–H and O–H groups in total. The molecule has 0 bridgehead atoms. The standard InChI is InChI=1S/C23H26N2O6/c1-25(13-22(27)28)21(26)11-15(30-2)12-24-23(29)31-14-20-18-9-5-3-7-16(18)17-8-4-6-10-19(17)20/h3-10,15,20H,11-14H2,1-2H3,(H,24,29)(H,27,28). The number of carbonyl (C=O) groups excluding carboxylic acids is 2. The van der Waals surface area contributed by atoms with Crippen molar-refractivity contribution in [1.82, 2.24) is 10.2 Å². The number of carboxylic acids is 1. The number of hydrogen-bond donors (Lipinski definition) is 2. The summed E-state index contributed by atoms with van der Waals surface area (Å²) in [7, 11) is 2.83. The molecule has 2 amide bonds. The highest BCUT2D eigenvalue weighted by Gasteiger charge is 2.29. The molecule has 31 heavy (non-hydrogen) atoms. The van der Waals surface area contributed by atoms with Crippen molar-refractivity contribution in [3.05, 3.63) is 59.7 Å². The molecule has 2 aromatic rings. The third-order valence-electron chi connectivity index (χ3n) is 5.35. The van der Waals surface area contributed by atoms with Gasteiger partial charge in [-0.1, -0.05) is 48.5 Å². The number of nitrogens with one attached hydrogen (secondary N) is 1. The van der Waals surface area contributed by atoms with Crippen molar-refractivity contribution in [1.29, 1.82) is 0 Å². The minimum absolute atomic E-state index is 0.0392. The van der Waals surface area contributed by atoms with Crippen LogP contribution in [0.2, 0.25) is 0 Å². The van der Waals surface area contributed by atoms with E-state index in [-0.39, 0.29) is 31.4 Å². The van der Waals surface area contributed by atoms with E-state index >= 15 is 0 Å². The van der Waals surface area contributed by atoms with Gasteiger partial charge in [-0.25, -0.2) is 4.79 Å². The number of aliphatic carboxylic acids is 1. The van der Waals surface area contributed by atoms with Gasteiger partial charge in [0.25, 0.3) is 0 Å². The molecular formula is C23H26N2O6. The number of carboxylic acid groups (broad SMARTS) is 1. The van der Waals surface area contributed by atoms with Gasteiger partial charge in [-0.05, 0) is 22.3 Å². The third-order valence-corrected chi connectivity index (χ3v) is 5.35. The van der Waals surface area contributed by atoms with Gasteiger partial charge in [0, 0.05) is 26.6 Å². The molecule has 0 saturated heterocycles. The van der Waals surface area contributed by atoms with E-state index in [1.807, 2.05) is 36.4 Å². The van der Waals surface area contributed by atoms with E-state index in [1.165, 1.54) is 14.2 Å². The van der Waals surface area contributed by atoms with E-state index in [1.54, 1.807) is 0 Å². The summed E-state index contributed by atoms with van der Waals surface area (Å²) in [6, 6.07) is 16.1. The number of nitrogens with zero attached hydrogens (tertiary/aromatic N) is 1. The normalized spacial score (nSPS) is 13.1. The lowest BCUT2D eigenvalue weighted by molar-refractivity contribution is -0.144. The second kappa shape index (κ2) is 10.1. The van der Waals surface area contributed by atoms with E-state index in [0.29, 0.717) is 0 Å². The maximum absolute atomic E-state index is 12.2. The van der Waals surface area contributed by atoms with Crippen molar-refractivity contribution in [2.24, 2.45) is 0 Å². The van der Waals surface area contributed by atoms with Gasteiger partial charge in [0.05, 0.1) is 12.5 Å². The average Bonchev–Trinajstić information content (AvgIpc) is 3.08. The fourth-order valence-corrected chi connectivity index (χ4v) is 3.73. The molecule has 0 saturated carbocycles. The zero-order chi connectivity index (χ0) is 22.4. The maximum atomic E-state index is 12.2. The Kier molecular flexibility index (Phi) is 7.25. The summed E-state index contributed by atoms with van der Waals surface area (Å²) in [5.74, 6) is -1.52. The molecule has 0 spiro atoms. The summed E-state index contributed by atoms with van der Waals surface area (Å²) in [4.78, 5) is 36.1. The number of likely N-dealkylation sites (N-methyl/N-ethyl adjacent to an activating group) is 1. The van der Waals surface area contributed by atoms with Gasteiger partial charge in [-0.15, -0.1) is 0 Å². The molecule has 8 nitrogen and oxygen atoms in total. The van der Waals surface area contributed by atoms with E-state index in [4.69, 9.17) is 14.6 Å². The van der Waals surface area contributed by atoms with Crippen molar-refractivity contribution in [3.8, 4) is 11.1 Å². The number of fused-ring (bicyclic) bond motifs is 3. The summed E-state index contributed by atoms with van der Waals surface area (Å²) < 4.78 is 10.7. The fraction of sp³-hybridized carbons (Fsp3) is 0.348. The monoisotopic (exact) mass is 426 g/mol. The van der Waals surface area contributed by atoms with Gasteiger partial charge in [-0.3, -0.25) is 9.59 Å². The highest BCUT2D eigenvalue weighted by Crippen LogP contribution is 2.44. The molecule has 3 rings (SSSR count). The molecule has 164 valence electrons. The van der Waals surface area contributed by atoms with Gasteiger partial charge in [0.15, 0.2) is 0 Å². The van der Waals surface area contributed by atoms with Crippen LogP contribution in [0.1, 0.15) is 23.5 Å². The topological polar surface area (TPSA) is 105 Å². The van der Waals surface area contributed by atoms with Crippen LogP contribution in [-0.4, -0.2) is 67.9 Å². The molecule has 0 fully saturated rings. The van der Waals surface area contributed by atoms with Crippen molar-refractivity contribution >= 4 is 18.0 Å². The number of alkyl carbamates (subject to hydrolysis) is 1. The van der Waals surface area contributed by atoms with Crippen LogP contribution in [0.3, 0.4) is 0 Å². The van der Waals surface area contributed by atoms with Crippen molar-refractivity contribution in [2.45, 2.75) is 18.4 Å². The minimum atomic E-state index is -1.10. The first kappa shape index (κ1) is 22.3. The zero-order valence-corrected chi connectivity index (χ0v) is 17.5. The van der Waals surface area contributed by atoms with E-state index in [0.717, 1.165) is 27.2 Å². The van der Waals surface area contributed by atoms with Gasteiger partial charge in [0.1, 0.15) is 13.2 Å². The molecule has 1 aliphatic rings. The molecule has 1 unspecified atom stereocenters. The number of hydrogen-bond acceptors (Lipinski definition) is 5. The lowest BCUT2D eigenvalue weighted by Gasteiger charge is -2.20. The summed E-state index contributed by atoms with van der Waals surface area (Å²) in [5, 5.41) is 11.4. The van der Waals surface area contributed by atoms with Crippen molar-refractivity contribution in [3.63, 3.8) is 0 Å². The van der Waals surface area contributed by atoms with Crippen molar-refractivity contribution < 1.29 is 29.0 Å². The Balaban J connectivity index is 1.52. The lowest BCUT2D eigenvalue weighted by Crippen LogP contribution is -2.39. The fourth-order valence-electron chi connectivity index (χ4n) is 3.73. The average molecular weight is 426 g/mol. The number of methoxy groups -OCH3 is 1. The van der Waals surface area contributed by atoms with Crippen molar-refractivity contribution in [2.75, 3.05) is 33.9 Å². The first-order valence-corrected chi connectivity index (χ1v) is 9.98. The molecule has 8 heteroatoms. The van der Waals surface area contributed by atoms with E-state index in [9.17, 15) is 14.4 Å². The number of ether oxygens (including phenoxy) is 2. The van der Waals surface area contributed by atoms with Crippen LogP contribution in [0.5, 0.6) is 0 Å². The predicted molar refractivity (Wildman–Crippen MR) is 114 cm³/mol. The maximum Gasteiger partial charge on any atom is 0.407 e. The van der Waals surface area contributed by atoms with Crippen LogP contribution < -0.4 is 5.32 Å². The smallest absolute Gasteiger partial charge is 0.407 e. The highest BCUT2D eigenvalue weighted by atomic mass is 16.5. The Morgan fingerprint density at radius 2 is 1.65 bits per heavy atom. The Morgan fingerprint density at radius 1 is 1.06 bits per heavy atom. The Labute approximate surface area is 180 Å². The van der Waals surface area contributed by atoms with Gasteiger partial charge < -0.3 is 24.8 Å². The molecule has 1 aliphatic carbocycles. The van der Waals surface area contributed by atoms with Gasteiger partial charge in [0.2, 0.25) is 5.91 Å². The SMILES string of the molecule is COC(CNC(=O)OCC1c2ccccc2-c2ccccc21)CC(=O)N(C)CC(=O)O. The molecule has 2 aromatic carbocycles. The second-order valence-corrected chi connectivity index (χ2v) is 7.41. The van der Waals surface area contributed by atoms with Crippen LogP contribution in [0, 0.1) is 0 Å². The Morgan fingerprint density at radius 3 is 2.19 bits per heavy atom. The summed E-state index contributed by atoms with van der Waals surface area (Å²) in [6.45, 7) is -0.132. The number of carbonyl (C=O) groups is 3. The number of benzene rings is 2. The molecule has 0 aromatic heterocycles. The first-order chi connectivity index (χ1) is 14.9. The first-order valence-electron chi connectivity index (χ1n) is 9.98. The van der Waals surface area contributed by atoms with E-state index < -0.39 is 24.7 Å². The van der Waals surface area contributed by atoms with Crippen LogP contribution in [0.15, 0.2) is 48.5 Å². The molecule has 0 aliphatic heterocycles. The van der Waals surface area contributed by atoms with Crippen LogP contribution in [0.4, 0.5) is 4.79 Å². The number of amides is 2. The van der Waals surface area contributed by atoms with Crippen LogP contribution >= 0.6 is 0 Å². The zero-order valence-electron chi connectivity index (χ0n) is 17.5. The molecular weight excluding hydrogens is 400 g/mol. The summed E-state index contributed by atoms with van der Waals surface area (Å²) in [5.41, 5.74) is 4.54. The Bertz CT molecular complexity index is 915. The predicted octanol–water partition coefficient (Wildman–Crippen LogP) is 2.47. The summed E-state index contributed by atoms with van der Waals surface area (Å²) >= 11 is 0. The minimum Gasteiger partial charge on any atom is -0.480 e.